The Bertz CT molecular complexity index is 604. The monoisotopic (exact) mass is 303 g/mol. The Labute approximate surface area is 130 Å². The van der Waals surface area contributed by atoms with Gasteiger partial charge in [-0.15, -0.1) is 0 Å². The predicted octanol–water partition coefficient (Wildman–Crippen LogP) is 3.16. The van der Waals surface area contributed by atoms with Crippen LogP contribution < -0.4 is 0 Å². The Balaban J connectivity index is 1.90. The van der Waals surface area contributed by atoms with E-state index in [9.17, 15) is 4.79 Å². The van der Waals surface area contributed by atoms with Crippen LogP contribution in [-0.4, -0.2) is 30.3 Å². The van der Waals surface area contributed by atoms with Crippen LogP contribution in [0, 0.1) is 6.92 Å². The first-order valence-electron chi connectivity index (χ1n) is 7.35. The summed E-state index contributed by atoms with van der Waals surface area (Å²) >= 11 is 0. The molecular weight excluding hydrogens is 282 g/mol. The molecule has 0 atom stereocenters. The number of oxazole rings is 1. The molecule has 0 unspecified atom stereocenters. The number of benzene rings is 1. The number of aryl methyl sites for hydroxylation is 1. The molecule has 22 heavy (non-hydrogen) atoms. The molecule has 5 heteroatoms. The molecule has 0 amide bonds. The number of hydrogen-bond acceptors (Lipinski definition) is 5. The number of hydrogen-bond donors (Lipinski definition) is 0. The third-order valence-electron chi connectivity index (χ3n) is 3.02. The first-order valence-corrected chi connectivity index (χ1v) is 7.35. The number of carbonyl (C=O) groups is 1. The molecule has 0 saturated heterocycles. The molecule has 0 radical (unpaired) electrons. The minimum absolute atomic E-state index is 0.101. The molecule has 2 aromatic rings. The van der Waals surface area contributed by atoms with E-state index in [0.717, 1.165) is 5.56 Å². The van der Waals surface area contributed by atoms with Gasteiger partial charge in [-0.2, -0.15) is 0 Å². The number of rotatable bonds is 7. The molecule has 0 bridgehead atoms. The Hall–Kier alpha value is -2.14. The van der Waals surface area contributed by atoms with Crippen molar-refractivity contribution in [2.75, 3.05) is 13.2 Å². The van der Waals surface area contributed by atoms with Gasteiger partial charge < -0.3 is 13.9 Å². The normalized spacial score (nSPS) is 10.9. The average Bonchev–Trinajstić information content (AvgIpc) is 2.85. The van der Waals surface area contributed by atoms with E-state index in [1.807, 2.05) is 44.2 Å². The maximum absolute atomic E-state index is 11.8. The van der Waals surface area contributed by atoms with Crippen LogP contribution in [-0.2, 0) is 20.7 Å². The van der Waals surface area contributed by atoms with E-state index in [4.69, 9.17) is 13.9 Å². The summed E-state index contributed by atoms with van der Waals surface area (Å²) in [5.74, 6) is 0.821. The van der Waals surface area contributed by atoms with Crippen molar-refractivity contribution in [3.8, 4) is 11.5 Å². The van der Waals surface area contributed by atoms with E-state index < -0.39 is 0 Å². The SMILES string of the molecule is Cc1oc(-c2ccccc2)nc1CC(=O)OCCOC(C)C. The molecular formula is C17H21NO4. The van der Waals surface area contributed by atoms with Gasteiger partial charge in [-0.3, -0.25) is 4.79 Å². The summed E-state index contributed by atoms with van der Waals surface area (Å²) < 4.78 is 16.1. The molecule has 0 saturated carbocycles. The molecule has 1 aromatic carbocycles. The van der Waals surface area contributed by atoms with Gasteiger partial charge in [0.05, 0.1) is 24.8 Å². The Morgan fingerprint density at radius 2 is 1.95 bits per heavy atom. The van der Waals surface area contributed by atoms with Gasteiger partial charge in [-0.05, 0) is 32.9 Å². The van der Waals surface area contributed by atoms with Crippen LogP contribution in [0.1, 0.15) is 25.3 Å². The van der Waals surface area contributed by atoms with E-state index in [1.165, 1.54) is 0 Å². The summed E-state index contributed by atoms with van der Waals surface area (Å²) in [7, 11) is 0. The van der Waals surface area contributed by atoms with Gasteiger partial charge in [0.15, 0.2) is 0 Å². The van der Waals surface area contributed by atoms with Crippen LogP contribution >= 0.6 is 0 Å². The first-order chi connectivity index (χ1) is 10.6. The highest BCUT2D eigenvalue weighted by molar-refractivity contribution is 5.72. The lowest BCUT2D eigenvalue weighted by Gasteiger charge is -2.07. The Kier molecular flexibility index (Phi) is 5.72. The quantitative estimate of drug-likeness (QED) is 0.581. The second kappa shape index (κ2) is 7.75. The molecule has 0 spiro atoms. The lowest BCUT2D eigenvalue weighted by molar-refractivity contribution is -0.144. The summed E-state index contributed by atoms with van der Waals surface area (Å²) in [5.41, 5.74) is 1.49. The summed E-state index contributed by atoms with van der Waals surface area (Å²) in [6.07, 6.45) is 0.231. The van der Waals surface area contributed by atoms with E-state index in [1.54, 1.807) is 6.92 Å². The summed E-state index contributed by atoms with van der Waals surface area (Å²) in [6.45, 7) is 6.32. The molecule has 118 valence electrons. The minimum Gasteiger partial charge on any atom is -0.463 e. The van der Waals surface area contributed by atoms with Gasteiger partial charge in [0.1, 0.15) is 12.4 Å². The molecule has 1 heterocycles. The number of esters is 1. The molecule has 0 aliphatic rings. The topological polar surface area (TPSA) is 61.6 Å². The van der Waals surface area contributed by atoms with E-state index in [0.29, 0.717) is 24.0 Å². The van der Waals surface area contributed by atoms with Crippen molar-refractivity contribution in [1.29, 1.82) is 0 Å². The maximum atomic E-state index is 11.8. The Morgan fingerprint density at radius 3 is 2.64 bits per heavy atom. The van der Waals surface area contributed by atoms with Crippen molar-refractivity contribution >= 4 is 5.97 Å². The summed E-state index contributed by atoms with van der Waals surface area (Å²) in [4.78, 5) is 16.2. The lowest BCUT2D eigenvalue weighted by atomic mass is 10.2. The first kappa shape index (κ1) is 16.2. The average molecular weight is 303 g/mol. The smallest absolute Gasteiger partial charge is 0.312 e. The van der Waals surface area contributed by atoms with Crippen molar-refractivity contribution in [2.45, 2.75) is 33.3 Å². The number of carbonyl (C=O) groups excluding carboxylic acids is 1. The molecule has 1 aromatic heterocycles. The fourth-order valence-electron chi connectivity index (χ4n) is 1.92. The number of nitrogens with zero attached hydrogens (tertiary/aromatic N) is 1. The van der Waals surface area contributed by atoms with Crippen molar-refractivity contribution in [2.24, 2.45) is 0 Å². The van der Waals surface area contributed by atoms with Gasteiger partial charge in [-0.25, -0.2) is 4.98 Å². The molecule has 0 aliphatic carbocycles. The minimum atomic E-state index is -0.330. The van der Waals surface area contributed by atoms with Gasteiger partial charge >= 0.3 is 5.97 Å². The van der Waals surface area contributed by atoms with Crippen LogP contribution in [0.25, 0.3) is 11.5 Å². The van der Waals surface area contributed by atoms with Crippen LogP contribution in [0.4, 0.5) is 0 Å². The Morgan fingerprint density at radius 1 is 1.23 bits per heavy atom. The molecule has 0 aliphatic heterocycles. The van der Waals surface area contributed by atoms with Crippen molar-refractivity contribution in [3.05, 3.63) is 41.8 Å². The molecule has 0 N–H and O–H groups in total. The van der Waals surface area contributed by atoms with Gasteiger partial charge in [-0.1, -0.05) is 18.2 Å². The highest BCUT2D eigenvalue weighted by Crippen LogP contribution is 2.21. The third-order valence-corrected chi connectivity index (χ3v) is 3.02. The van der Waals surface area contributed by atoms with E-state index in [-0.39, 0.29) is 25.1 Å². The molecule has 2 rings (SSSR count). The van der Waals surface area contributed by atoms with Crippen molar-refractivity contribution in [1.82, 2.24) is 4.98 Å². The van der Waals surface area contributed by atoms with Crippen molar-refractivity contribution < 1.29 is 18.7 Å². The van der Waals surface area contributed by atoms with Gasteiger partial charge in [0.25, 0.3) is 0 Å². The van der Waals surface area contributed by atoms with Crippen LogP contribution in [0.2, 0.25) is 0 Å². The van der Waals surface area contributed by atoms with Gasteiger partial charge in [0, 0.05) is 5.56 Å². The van der Waals surface area contributed by atoms with Gasteiger partial charge in [0.2, 0.25) is 5.89 Å². The highest BCUT2D eigenvalue weighted by atomic mass is 16.6. The fraction of sp³-hybridized carbons (Fsp3) is 0.412. The fourth-order valence-corrected chi connectivity index (χ4v) is 1.92. The second-order valence-electron chi connectivity index (χ2n) is 5.20. The summed E-state index contributed by atoms with van der Waals surface area (Å²) in [5, 5.41) is 0. The van der Waals surface area contributed by atoms with Crippen molar-refractivity contribution in [3.63, 3.8) is 0 Å². The van der Waals surface area contributed by atoms with Crippen LogP contribution in [0.5, 0.6) is 0 Å². The standard InChI is InChI=1S/C17H21NO4/c1-12(2)20-9-10-21-16(19)11-15-13(3)22-17(18-15)14-7-5-4-6-8-14/h4-8,12H,9-11H2,1-3H3. The summed E-state index contributed by atoms with van der Waals surface area (Å²) in [6, 6.07) is 9.58. The van der Waals surface area contributed by atoms with E-state index >= 15 is 0 Å². The largest absolute Gasteiger partial charge is 0.463 e. The third kappa shape index (κ3) is 4.70. The van der Waals surface area contributed by atoms with Crippen LogP contribution in [0.15, 0.2) is 34.7 Å². The number of ether oxygens (including phenoxy) is 2. The molecule has 0 fully saturated rings. The zero-order chi connectivity index (χ0) is 15.9. The molecule has 5 nitrogen and oxygen atoms in total. The second-order valence-corrected chi connectivity index (χ2v) is 5.20. The zero-order valence-corrected chi connectivity index (χ0v) is 13.2. The lowest BCUT2D eigenvalue weighted by Crippen LogP contribution is -2.15. The van der Waals surface area contributed by atoms with Crippen LogP contribution in [0.3, 0.4) is 0 Å². The highest BCUT2D eigenvalue weighted by Gasteiger charge is 2.15. The predicted molar refractivity (Wildman–Crippen MR) is 82.4 cm³/mol. The van der Waals surface area contributed by atoms with E-state index in [2.05, 4.69) is 4.98 Å². The number of aromatic nitrogens is 1. The maximum Gasteiger partial charge on any atom is 0.312 e. The zero-order valence-electron chi connectivity index (χ0n) is 13.2.